The fourth-order valence-electron chi connectivity index (χ4n) is 3.32. The number of fused-ring (bicyclic) bond motifs is 1. The first-order valence-corrected chi connectivity index (χ1v) is 9.49. The van der Waals surface area contributed by atoms with Crippen LogP contribution in [0.1, 0.15) is 36.0 Å². The number of benzene rings is 2. The summed E-state index contributed by atoms with van der Waals surface area (Å²) in [5.41, 5.74) is 10.6. The second kappa shape index (κ2) is 8.76. The number of methoxy groups -OCH3 is 1. The zero-order chi connectivity index (χ0) is 19.2. The number of anilines is 1. The van der Waals surface area contributed by atoms with Crippen molar-refractivity contribution in [1.29, 1.82) is 0 Å². The van der Waals surface area contributed by atoms with Gasteiger partial charge in [0, 0.05) is 34.9 Å². The third kappa shape index (κ3) is 4.51. The summed E-state index contributed by atoms with van der Waals surface area (Å²) in [5.74, 6) is 1.44. The predicted octanol–water partition coefficient (Wildman–Crippen LogP) is 5.23. The van der Waals surface area contributed by atoms with Gasteiger partial charge in [-0.25, -0.2) is 0 Å². The normalized spacial score (nSPS) is 10.9. The average molecular weight is 364 g/mol. The van der Waals surface area contributed by atoms with E-state index in [0.717, 1.165) is 47.8 Å². The number of aryl methyl sites for hydroxylation is 3. The van der Waals surface area contributed by atoms with Gasteiger partial charge in [0.25, 0.3) is 0 Å². The molecule has 0 spiro atoms. The molecule has 0 radical (unpaired) electrons. The van der Waals surface area contributed by atoms with Gasteiger partial charge in [0.1, 0.15) is 0 Å². The molecule has 3 rings (SSSR count). The minimum atomic E-state index is 0.656. The fourth-order valence-corrected chi connectivity index (χ4v) is 3.32. The van der Waals surface area contributed by atoms with E-state index in [-0.39, 0.29) is 0 Å². The molecule has 0 unspecified atom stereocenters. The molecular weight excluding hydrogens is 336 g/mol. The standard InChI is InChI=1S/C23H28N2O2/c1-16-8-10-18(11-9-16)7-5-4-6-12-27-23-21(26-3)13-20(24)19-15-25-14-17(2)22(19)23/h8-11,13-15H,4-7,12,24H2,1-3H3. The lowest BCUT2D eigenvalue weighted by Crippen LogP contribution is -2.03. The van der Waals surface area contributed by atoms with Gasteiger partial charge in [-0.15, -0.1) is 0 Å². The quantitative estimate of drug-likeness (QED) is 0.439. The van der Waals surface area contributed by atoms with E-state index >= 15 is 0 Å². The Labute approximate surface area is 161 Å². The van der Waals surface area contributed by atoms with Crippen molar-refractivity contribution in [3.8, 4) is 11.5 Å². The molecule has 4 nitrogen and oxygen atoms in total. The molecule has 0 amide bonds. The Balaban J connectivity index is 1.60. The number of hydrogen-bond acceptors (Lipinski definition) is 4. The van der Waals surface area contributed by atoms with Crippen LogP contribution in [-0.4, -0.2) is 18.7 Å². The monoisotopic (exact) mass is 364 g/mol. The molecule has 4 heteroatoms. The smallest absolute Gasteiger partial charge is 0.169 e. The van der Waals surface area contributed by atoms with Crippen molar-refractivity contribution < 1.29 is 9.47 Å². The lowest BCUT2D eigenvalue weighted by molar-refractivity contribution is 0.289. The van der Waals surface area contributed by atoms with E-state index in [9.17, 15) is 0 Å². The summed E-state index contributed by atoms with van der Waals surface area (Å²) in [6.07, 6.45) is 8.02. The van der Waals surface area contributed by atoms with Crippen molar-refractivity contribution in [2.75, 3.05) is 19.5 Å². The maximum atomic E-state index is 6.15. The molecule has 0 aliphatic carbocycles. The van der Waals surface area contributed by atoms with E-state index in [4.69, 9.17) is 15.2 Å². The molecule has 0 atom stereocenters. The van der Waals surface area contributed by atoms with E-state index in [1.54, 1.807) is 13.3 Å². The van der Waals surface area contributed by atoms with Crippen molar-refractivity contribution in [1.82, 2.24) is 4.98 Å². The van der Waals surface area contributed by atoms with Gasteiger partial charge in [-0.05, 0) is 50.7 Å². The summed E-state index contributed by atoms with van der Waals surface area (Å²) in [5, 5.41) is 1.90. The average Bonchev–Trinajstić information content (AvgIpc) is 2.67. The Kier molecular flexibility index (Phi) is 6.17. The van der Waals surface area contributed by atoms with Crippen LogP contribution < -0.4 is 15.2 Å². The van der Waals surface area contributed by atoms with Crippen LogP contribution in [0.2, 0.25) is 0 Å². The van der Waals surface area contributed by atoms with E-state index in [1.807, 2.05) is 19.2 Å². The number of aromatic nitrogens is 1. The number of ether oxygens (including phenoxy) is 2. The Hall–Kier alpha value is -2.75. The van der Waals surface area contributed by atoms with Gasteiger partial charge >= 0.3 is 0 Å². The molecule has 0 bridgehead atoms. The van der Waals surface area contributed by atoms with Crippen LogP contribution in [0.15, 0.2) is 42.7 Å². The second-order valence-corrected chi connectivity index (χ2v) is 7.02. The number of nitrogens with two attached hydrogens (primary N) is 1. The highest BCUT2D eigenvalue weighted by atomic mass is 16.5. The number of nitrogen functional groups attached to an aromatic ring is 1. The maximum Gasteiger partial charge on any atom is 0.169 e. The molecule has 2 aromatic carbocycles. The third-order valence-electron chi connectivity index (χ3n) is 4.88. The molecule has 0 saturated carbocycles. The summed E-state index contributed by atoms with van der Waals surface area (Å²) < 4.78 is 11.6. The van der Waals surface area contributed by atoms with Gasteiger partial charge in [0.2, 0.25) is 0 Å². The third-order valence-corrected chi connectivity index (χ3v) is 4.88. The number of hydrogen-bond donors (Lipinski definition) is 1. The minimum absolute atomic E-state index is 0.656. The lowest BCUT2D eigenvalue weighted by atomic mass is 10.0. The fraction of sp³-hybridized carbons (Fsp3) is 0.348. The van der Waals surface area contributed by atoms with Crippen LogP contribution in [-0.2, 0) is 6.42 Å². The summed E-state index contributed by atoms with van der Waals surface area (Å²) in [6, 6.07) is 10.6. The van der Waals surface area contributed by atoms with Crippen LogP contribution >= 0.6 is 0 Å². The molecule has 27 heavy (non-hydrogen) atoms. The molecule has 0 aliphatic heterocycles. The first kappa shape index (κ1) is 19.0. The second-order valence-electron chi connectivity index (χ2n) is 7.02. The summed E-state index contributed by atoms with van der Waals surface area (Å²) in [7, 11) is 1.64. The van der Waals surface area contributed by atoms with Gasteiger partial charge in [0.15, 0.2) is 11.5 Å². The Morgan fingerprint density at radius 1 is 1.00 bits per heavy atom. The van der Waals surface area contributed by atoms with Crippen molar-refractivity contribution >= 4 is 16.5 Å². The molecule has 1 heterocycles. The number of pyridine rings is 1. The zero-order valence-corrected chi connectivity index (χ0v) is 16.4. The van der Waals surface area contributed by atoms with Crippen LogP contribution in [0.4, 0.5) is 5.69 Å². The van der Waals surface area contributed by atoms with E-state index in [2.05, 4.69) is 36.2 Å². The minimum Gasteiger partial charge on any atom is -0.493 e. The predicted molar refractivity (Wildman–Crippen MR) is 112 cm³/mol. The molecular formula is C23H28N2O2. The number of nitrogens with zero attached hydrogens (tertiary/aromatic N) is 1. The highest BCUT2D eigenvalue weighted by Crippen LogP contribution is 2.40. The molecule has 2 N–H and O–H groups in total. The molecule has 142 valence electrons. The maximum absolute atomic E-state index is 6.15. The molecule has 1 aromatic heterocycles. The summed E-state index contributed by atoms with van der Waals surface area (Å²) in [4.78, 5) is 4.25. The largest absolute Gasteiger partial charge is 0.493 e. The SMILES string of the molecule is COc1cc(N)c2cncc(C)c2c1OCCCCCc1ccc(C)cc1. The highest BCUT2D eigenvalue weighted by molar-refractivity contribution is 6.00. The highest BCUT2D eigenvalue weighted by Gasteiger charge is 2.15. The summed E-state index contributed by atoms with van der Waals surface area (Å²) >= 11 is 0. The van der Waals surface area contributed by atoms with Crippen LogP contribution in [0.5, 0.6) is 11.5 Å². The Bertz CT molecular complexity index is 904. The van der Waals surface area contributed by atoms with Gasteiger partial charge in [0.05, 0.1) is 13.7 Å². The lowest BCUT2D eigenvalue weighted by Gasteiger charge is -2.16. The van der Waals surface area contributed by atoms with Crippen LogP contribution in [0.3, 0.4) is 0 Å². The molecule has 0 aliphatic rings. The number of rotatable bonds is 8. The van der Waals surface area contributed by atoms with E-state index in [1.165, 1.54) is 11.1 Å². The topological polar surface area (TPSA) is 57.4 Å². The van der Waals surface area contributed by atoms with E-state index < -0.39 is 0 Å². The Morgan fingerprint density at radius 3 is 2.52 bits per heavy atom. The molecule has 0 fully saturated rings. The van der Waals surface area contributed by atoms with Crippen molar-refractivity contribution in [3.05, 3.63) is 59.4 Å². The van der Waals surface area contributed by atoms with Crippen LogP contribution in [0, 0.1) is 13.8 Å². The summed E-state index contributed by atoms with van der Waals surface area (Å²) in [6.45, 7) is 4.79. The molecule has 3 aromatic rings. The first-order valence-electron chi connectivity index (χ1n) is 9.49. The van der Waals surface area contributed by atoms with Crippen molar-refractivity contribution in [2.24, 2.45) is 0 Å². The Morgan fingerprint density at radius 2 is 1.78 bits per heavy atom. The zero-order valence-electron chi connectivity index (χ0n) is 16.4. The van der Waals surface area contributed by atoms with Gasteiger partial charge in [-0.2, -0.15) is 0 Å². The van der Waals surface area contributed by atoms with Gasteiger partial charge in [-0.3, -0.25) is 4.98 Å². The van der Waals surface area contributed by atoms with Gasteiger partial charge in [-0.1, -0.05) is 29.8 Å². The number of unbranched alkanes of at least 4 members (excludes halogenated alkanes) is 2. The van der Waals surface area contributed by atoms with Crippen molar-refractivity contribution in [2.45, 2.75) is 39.5 Å². The van der Waals surface area contributed by atoms with Crippen LogP contribution in [0.25, 0.3) is 10.8 Å². The first-order chi connectivity index (χ1) is 13.1. The van der Waals surface area contributed by atoms with Crippen molar-refractivity contribution in [3.63, 3.8) is 0 Å². The van der Waals surface area contributed by atoms with Gasteiger partial charge < -0.3 is 15.2 Å². The molecule has 0 saturated heterocycles. The van der Waals surface area contributed by atoms with E-state index in [0.29, 0.717) is 18.0 Å².